The van der Waals surface area contributed by atoms with Crippen LogP contribution in [0.3, 0.4) is 0 Å². The molecule has 0 fully saturated rings. The van der Waals surface area contributed by atoms with Crippen molar-refractivity contribution >= 4 is 31.4 Å². The summed E-state index contributed by atoms with van der Waals surface area (Å²) in [5.74, 6) is 0. The summed E-state index contributed by atoms with van der Waals surface area (Å²) in [6, 6.07) is 26.8. The Labute approximate surface area is 354 Å². The summed E-state index contributed by atoms with van der Waals surface area (Å²) in [5, 5.41) is 7.29. The predicted octanol–water partition coefficient (Wildman–Crippen LogP) is 9.21. The van der Waals surface area contributed by atoms with Gasteiger partial charge in [-0.1, -0.05) is 106 Å². The first-order valence-electron chi connectivity index (χ1n) is 21.2. The van der Waals surface area contributed by atoms with Gasteiger partial charge in [-0.3, -0.25) is 8.61 Å². The van der Waals surface area contributed by atoms with Gasteiger partial charge in [-0.15, -0.1) is 0 Å². The largest absolute Gasteiger partial charge is 0.385 e. The highest BCUT2D eigenvalue weighted by Gasteiger charge is 2.36. The summed E-state index contributed by atoms with van der Waals surface area (Å²) < 4.78 is 66.2. The summed E-state index contributed by atoms with van der Waals surface area (Å²) in [7, 11) is -0.408. The molecule has 0 saturated carbocycles. The molecule has 4 aromatic carbocycles. The number of nitrogens with one attached hydrogen (secondary N) is 2. The minimum atomic E-state index is -3.59. The number of sulfonamides is 2. The Morgan fingerprint density at radius 1 is 0.492 bits per heavy atom. The summed E-state index contributed by atoms with van der Waals surface area (Å²) in [5.41, 5.74) is 7.03. The molecule has 0 saturated heterocycles. The third-order valence-electron chi connectivity index (χ3n) is 11.4. The second kappa shape index (κ2) is 22.2. The van der Waals surface area contributed by atoms with E-state index in [4.69, 9.17) is 9.47 Å². The van der Waals surface area contributed by atoms with Gasteiger partial charge in [0.05, 0.1) is 33.2 Å². The van der Waals surface area contributed by atoms with Gasteiger partial charge >= 0.3 is 0 Å². The van der Waals surface area contributed by atoms with Crippen molar-refractivity contribution in [3.05, 3.63) is 118 Å². The van der Waals surface area contributed by atoms with Gasteiger partial charge in [0.1, 0.15) is 0 Å². The molecule has 4 aromatic rings. The average molecular weight is 847 g/mol. The number of methoxy groups -OCH3 is 2. The van der Waals surface area contributed by atoms with E-state index in [9.17, 15) is 16.8 Å². The van der Waals surface area contributed by atoms with E-state index in [0.29, 0.717) is 9.79 Å². The van der Waals surface area contributed by atoms with Crippen LogP contribution in [0, 0.1) is 13.8 Å². The van der Waals surface area contributed by atoms with Gasteiger partial charge in [0.15, 0.2) is 0 Å². The molecule has 2 aliphatic heterocycles. The van der Waals surface area contributed by atoms with Crippen LogP contribution >= 0.6 is 0 Å². The quantitative estimate of drug-likeness (QED) is 0.0898. The van der Waals surface area contributed by atoms with Gasteiger partial charge < -0.3 is 20.1 Å². The Bertz CT molecular complexity index is 2180. The van der Waals surface area contributed by atoms with Gasteiger partial charge in [-0.05, 0) is 110 Å². The van der Waals surface area contributed by atoms with E-state index in [0.717, 1.165) is 103 Å². The van der Waals surface area contributed by atoms with Crippen LogP contribution in [0.1, 0.15) is 116 Å². The van der Waals surface area contributed by atoms with Gasteiger partial charge in [0, 0.05) is 41.5 Å². The molecule has 2 atom stereocenters. The van der Waals surface area contributed by atoms with E-state index >= 15 is 0 Å². The minimum Gasteiger partial charge on any atom is -0.385 e. The Morgan fingerprint density at radius 2 is 0.847 bits per heavy atom. The highest BCUT2D eigenvalue weighted by Crippen LogP contribution is 2.41. The zero-order valence-electron chi connectivity index (χ0n) is 36.0. The number of benzene rings is 4. The van der Waals surface area contributed by atoms with Crippen LogP contribution in [0.25, 0.3) is 0 Å². The molecule has 6 rings (SSSR count). The number of hydrogen-bond donors (Lipinski definition) is 2. The maximum atomic E-state index is 13.3. The highest BCUT2D eigenvalue weighted by molar-refractivity contribution is 7.93. The standard InChI is InChI=1S/C24H34N2O3S.C23H32N2O3S/c1-19-14-15-21-23(18-19)30(27,28)26(2)22-13-9-8-12-20(22)24(21)25-16-10-6-4-5-7-11-17-29-3;1-18-13-14-20-22(17-18)29(26,27)25(2)21-12-8-7-11-19(21)23(20)24-15-9-5-4-6-10-16-28-3/h8-9,12-15,18,24-25H,4-7,10-11,16-17H2,1-3H3;7-8,11-14,17,23-24H,4-6,9-10,15-16H2,1-3H3. The number of para-hydroxylation sites is 2. The Morgan fingerprint density at radius 3 is 1.24 bits per heavy atom. The van der Waals surface area contributed by atoms with E-state index in [2.05, 4.69) is 10.6 Å². The Balaban J connectivity index is 0.000000224. The second-order valence-corrected chi connectivity index (χ2v) is 19.7. The Hall–Kier alpha value is -3.78. The highest BCUT2D eigenvalue weighted by atomic mass is 32.2. The number of nitrogens with zero attached hydrogens (tertiary/aromatic N) is 2. The molecular weight excluding hydrogens is 781 g/mol. The van der Waals surface area contributed by atoms with Crippen molar-refractivity contribution in [3.63, 3.8) is 0 Å². The fourth-order valence-electron chi connectivity index (χ4n) is 8.05. The van der Waals surface area contributed by atoms with Crippen molar-refractivity contribution in [1.82, 2.24) is 10.6 Å². The van der Waals surface area contributed by atoms with Crippen LogP contribution < -0.4 is 19.2 Å². The van der Waals surface area contributed by atoms with Crippen molar-refractivity contribution in [3.8, 4) is 0 Å². The van der Waals surface area contributed by atoms with Crippen LogP contribution in [0.4, 0.5) is 11.4 Å². The topological polar surface area (TPSA) is 117 Å². The number of ether oxygens (including phenoxy) is 2. The molecule has 0 amide bonds. The maximum Gasteiger partial charge on any atom is 0.264 e. The van der Waals surface area contributed by atoms with Crippen LogP contribution in [0.15, 0.2) is 94.7 Å². The van der Waals surface area contributed by atoms with E-state index in [1.807, 2.05) is 86.6 Å². The van der Waals surface area contributed by atoms with E-state index in [1.54, 1.807) is 40.4 Å². The van der Waals surface area contributed by atoms with Crippen molar-refractivity contribution < 1.29 is 26.3 Å². The fourth-order valence-corrected chi connectivity index (χ4v) is 11.1. The molecule has 0 aliphatic carbocycles. The summed E-state index contributed by atoms with van der Waals surface area (Å²) in [6.07, 6.45) is 12.8. The molecule has 0 bridgehead atoms. The third kappa shape index (κ3) is 11.5. The number of fused-ring (bicyclic) bond motifs is 4. The second-order valence-electron chi connectivity index (χ2n) is 15.8. The monoisotopic (exact) mass is 846 g/mol. The lowest BCUT2D eigenvalue weighted by molar-refractivity contribution is 0.192. The first-order chi connectivity index (χ1) is 28.4. The molecule has 59 heavy (non-hydrogen) atoms. The first-order valence-corrected chi connectivity index (χ1v) is 24.1. The van der Waals surface area contributed by atoms with Gasteiger partial charge in [0.25, 0.3) is 20.0 Å². The molecule has 0 aromatic heterocycles. The first kappa shape index (κ1) is 46.3. The lowest BCUT2D eigenvalue weighted by atomic mass is 9.96. The number of anilines is 2. The number of rotatable bonds is 19. The summed E-state index contributed by atoms with van der Waals surface area (Å²) >= 11 is 0. The number of aryl methyl sites for hydroxylation is 2. The van der Waals surface area contributed by atoms with Crippen LogP contribution in [-0.2, 0) is 29.5 Å². The minimum absolute atomic E-state index is 0.141. The smallest absolute Gasteiger partial charge is 0.264 e. The molecule has 2 heterocycles. The maximum absolute atomic E-state index is 13.3. The summed E-state index contributed by atoms with van der Waals surface area (Å²) in [4.78, 5) is 0.796. The predicted molar refractivity (Wildman–Crippen MR) is 241 cm³/mol. The fraction of sp³-hybridized carbons (Fsp3) is 0.489. The number of hydrogen-bond acceptors (Lipinski definition) is 8. The molecule has 2 aliphatic rings. The van der Waals surface area contributed by atoms with E-state index < -0.39 is 20.0 Å². The van der Waals surface area contributed by atoms with Gasteiger partial charge in [-0.25, -0.2) is 16.8 Å². The lowest BCUT2D eigenvalue weighted by Crippen LogP contribution is -2.26. The molecule has 2 N–H and O–H groups in total. The van der Waals surface area contributed by atoms with E-state index in [1.165, 1.54) is 47.1 Å². The van der Waals surface area contributed by atoms with E-state index in [-0.39, 0.29) is 12.1 Å². The molecule has 10 nitrogen and oxygen atoms in total. The zero-order valence-corrected chi connectivity index (χ0v) is 37.6. The zero-order chi connectivity index (χ0) is 42.4. The van der Waals surface area contributed by atoms with Crippen molar-refractivity contribution in [2.75, 3.05) is 63.2 Å². The normalized spacial score (nSPS) is 17.4. The molecule has 12 heteroatoms. The summed E-state index contributed by atoms with van der Waals surface area (Å²) in [6.45, 7) is 7.24. The third-order valence-corrected chi connectivity index (χ3v) is 15.1. The molecule has 2 unspecified atom stereocenters. The van der Waals surface area contributed by atoms with Crippen molar-refractivity contribution in [2.45, 2.75) is 106 Å². The lowest BCUT2D eigenvalue weighted by Gasteiger charge is -2.22. The van der Waals surface area contributed by atoms with Gasteiger partial charge in [0.2, 0.25) is 0 Å². The van der Waals surface area contributed by atoms with Crippen molar-refractivity contribution in [1.29, 1.82) is 0 Å². The van der Waals surface area contributed by atoms with Crippen molar-refractivity contribution in [2.24, 2.45) is 0 Å². The van der Waals surface area contributed by atoms with Crippen LogP contribution in [0.2, 0.25) is 0 Å². The van der Waals surface area contributed by atoms with Crippen LogP contribution in [-0.4, -0.2) is 71.5 Å². The average Bonchev–Trinajstić information content (AvgIpc) is 3.34. The van der Waals surface area contributed by atoms with Crippen LogP contribution in [0.5, 0.6) is 0 Å². The number of unbranched alkanes of at least 4 members (excludes halogenated alkanes) is 9. The molecular formula is C47H66N4O6S2. The molecule has 0 radical (unpaired) electrons. The molecule has 0 spiro atoms. The Kier molecular flexibility index (Phi) is 17.4. The van der Waals surface area contributed by atoms with Gasteiger partial charge in [-0.2, -0.15) is 0 Å². The SMILES string of the molecule is COCCCCCCCCNC1c2ccccc2N(C)S(=O)(=O)c2cc(C)ccc21.COCCCCCCCNC1c2ccccc2N(C)S(=O)(=O)c2cc(C)ccc21. The molecule has 322 valence electrons.